The number of ether oxygens (including phenoxy) is 1. The fourth-order valence-electron chi connectivity index (χ4n) is 3.21. The third-order valence-corrected chi connectivity index (χ3v) is 6.16. The molecule has 0 bridgehead atoms. The molecule has 0 aliphatic carbocycles. The summed E-state index contributed by atoms with van der Waals surface area (Å²) in [6.45, 7) is 1.63. The Hall–Kier alpha value is -1.03. The molecule has 2 saturated heterocycles. The van der Waals surface area contributed by atoms with Crippen LogP contribution in [0.15, 0.2) is 29.2 Å². The smallest absolute Gasteiger partial charge is 0.406 e. The largest absolute Gasteiger partial charge is 0.573 e. The molecular formula is C14H18ClF3N2O3S. The van der Waals surface area contributed by atoms with Gasteiger partial charge in [-0.1, -0.05) is 6.07 Å². The number of hydrogen-bond acceptors (Lipinski definition) is 4. The number of hydrogen-bond donors (Lipinski definition) is 1. The highest BCUT2D eigenvalue weighted by molar-refractivity contribution is 7.89. The van der Waals surface area contributed by atoms with Crippen molar-refractivity contribution in [1.29, 1.82) is 0 Å². The number of benzene rings is 1. The predicted octanol–water partition coefficient (Wildman–Crippen LogP) is 2.38. The van der Waals surface area contributed by atoms with Gasteiger partial charge in [-0.05, 0) is 37.4 Å². The Labute approximate surface area is 144 Å². The summed E-state index contributed by atoms with van der Waals surface area (Å²) in [4.78, 5) is -0.177. The van der Waals surface area contributed by atoms with Crippen molar-refractivity contribution in [3.8, 4) is 5.75 Å². The molecule has 1 aromatic carbocycles. The van der Waals surface area contributed by atoms with Gasteiger partial charge in [0.25, 0.3) is 0 Å². The lowest BCUT2D eigenvalue weighted by Gasteiger charge is -2.34. The van der Waals surface area contributed by atoms with Gasteiger partial charge in [-0.2, -0.15) is 4.31 Å². The quantitative estimate of drug-likeness (QED) is 0.866. The summed E-state index contributed by atoms with van der Waals surface area (Å²) < 4.78 is 67.3. The molecule has 1 N–H and O–H groups in total. The van der Waals surface area contributed by atoms with E-state index in [1.807, 2.05) is 0 Å². The van der Waals surface area contributed by atoms with E-state index in [2.05, 4.69) is 10.1 Å². The SMILES string of the molecule is Cl.O=S(=O)(c1cccc(OC(F)(F)F)c1)N1CCC2NCCC2C1. The van der Waals surface area contributed by atoms with Crippen LogP contribution in [0.1, 0.15) is 12.8 Å². The van der Waals surface area contributed by atoms with Gasteiger partial charge in [0.2, 0.25) is 10.0 Å². The molecule has 0 saturated carbocycles. The number of sulfonamides is 1. The molecule has 136 valence electrons. The highest BCUT2D eigenvalue weighted by atomic mass is 35.5. The van der Waals surface area contributed by atoms with E-state index in [1.54, 1.807) is 0 Å². The van der Waals surface area contributed by atoms with Crippen molar-refractivity contribution in [1.82, 2.24) is 9.62 Å². The molecule has 0 spiro atoms. The van der Waals surface area contributed by atoms with E-state index < -0.39 is 22.1 Å². The van der Waals surface area contributed by atoms with Gasteiger partial charge >= 0.3 is 6.36 Å². The molecule has 2 fully saturated rings. The minimum Gasteiger partial charge on any atom is -0.406 e. The predicted molar refractivity (Wildman–Crippen MR) is 83.6 cm³/mol. The molecule has 5 nitrogen and oxygen atoms in total. The van der Waals surface area contributed by atoms with Crippen molar-refractivity contribution in [2.24, 2.45) is 5.92 Å². The van der Waals surface area contributed by atoms with E-state index in [-0.39, 0.29) is 23.2 Å². The van der Waals surface area contributed by atoms with Crippen molar-refractivity contribution < 1.29 is 26.3 Å². The molecule has 10 heteroatoms. The van der Waals surface area contributed by atoms with Crippen molar-refractivity contribution in [2.45, 2.75) is 30.1 Å². The summed E-state index contributed by atoms with van der Waals surface area (Å²) in [6, 6.07) is 4.87. The van der Waals surface area contributed by atoms with Crippen LogP contribution in [-0.2, 0) is 10.0 Å². The maximum Gasteiger partial charge on any atom is 0.573 e. The van der Waals surface area contributed by atoms with Crippen LogP contribution in [0.5, 0.6) is 5.75 Å². The molecule has 2 heterocycles. The number of piperidine rings is 1. The molecule has 2 atom stereocenters. The molecule has 24 heavy (non-hydrogen) atoms. The summed E-state index contributed by atoms with van der Waals surface area (Å²) in [5.41, 5.74) is 0. The van der Waals surface area contributed by atoms with Crippen LogP contribution in [0, 0.1) is 5.92 Å². The van der Waals surface area contributed by atoms with E-state index in [0.29, 0.717) is 25.6 Å². The Morgan fingerprint density at radius 1 is 1.25 bits per heavy atom. The van der Waals surface area contributed by atoms with Gasteiger partial charge in [0.1, 0.15) is 5.75 Å². The third kappa shape index (κ3) is 4.14. The fourth-order valence-corrected chi connectivity index (χ4v) is 4.76. The molecule has 1 aromatic rings. The van der Waals surface area contributed by atoms with Gasteiger partial charge in [0.05, 0.1) is 4.90 Å². The Morgan fingerprint density at radius 3 is 2.71 bits per heavy atom. The first kappa shape index (κ1) is 19.3. The lowest BCUT2D eigenvalue weighted by molar-refractivity contribution is -0.274. The second-order valence-corrected chi connectivity index (χ2v) is 7.72. The maximum atomic E-state index is 12.7. The van der Waals surface area contributed by atoms with E-state index in [4.69, 9.17) is 0 Å². The standard InChI is InChI=1S/C14H17F3N2O3S.ClH/c15-14(16,17)22-11-2-1-3-12(8-11)23(20,21)19-7-5-13-10(9-19)4-6-18-13;/h1-3,8,10,13,18H,4-7,9H2;1H. The van der Waals surface area contributed by atoms with Crippen LogP contribution in [0.2, 0.25) is 0 Å². The second-order valence-electron chi connectivity index (χ2n) is 5.78. The topological polar surface area (TPSA) is 58.6 Å². The molecule has 0 radical (unpaired) electrons. The minimum absolute atomic E-state index is 0. The number of rotatable bonds is 3. The van der Waals surface area contributed by atoms with Gasteiger partial charge in [-0.25, -0.2) is 8.42 Å². The van der Waals surface area contributed by atoms with Crippen molar-refractivity contribution in [2.75, 3.05) is 19.6 Å². The van der Waals surface area contributed by atoms with E-state index in [0.717, 1.165) is 25.1 Å². The van der Waals surface area contributed by atoms with Gasteiger partial charge < -0.3 is 10.1 Å². The Kier molecular flexibility index (Phi) is 5.68. The van der Waals surface area contributed by atoms with Crippen LogP contribution < -0.4 is 10.1 Å². The van der Waals surface area contributed by atoms with Gasteiger partial charge in [-0.15, -0.1) is 25.6 Å². The first-order valence-electron chi connectivity index (χ1n) is 7.35. The number of nitrogens with zero attached hydrogens (tertiary/aromatic N) is 1. The summed E-state index contributed by atoms with van der Waals surface area (Å²) in [6.07, 6.45) is -3.23. The molecule has 0 aromatic heterocycles. The van der Waals surface area contributed by atoms with Gasteiger partial charge in [0, 0.05) is 25.2 Å². The first-order valence-corrected chi connectivity index (χ1v) is 8.79. The summed E-state index contributed by atoms with van der Waals surface area (Å²) in [5.74, 6) is -0.274. The van der Waals surface area contributed by atoms with Crippen LogP contribution >= 0.6 is 12.4 Å². The normalized spacial score (nSPS) is 25.0. The highest BCUT2D eigenvalue weighted by Gasteiger charge is 2.38. The molecular weight excluding hydrogens is 369 g/mol. The molecule has 2 unspecified atom stereocenters. The number of alkyl halides is 3. The van der Waals surface area contributed by atoms with Crippen LogP contribution in [0.4, 0.5) is 13.2 Å². The highest BCUT2D eigenvalue weighted by Crippen LogP contribution is 2.30. The molecule has 0 amide bonds. The van der Waals surface area contributed by atoms with E-state index in [9.17, 15) is 21.6 Å². The number of halogens is 4. The Bertz CT molecular complexity index is 684. The fraction of sp³-hybridized carbons (Fsp3) is 0.571. The summed E-state index contributed by atoms with van der Waals surface area (Å²) in [5, 5.41) is 3.34. The van der Waals surface area contributed by atoms with E-state index in [1.165, 1.54) is 16.4 Å². The monoisotopic (exact) mass is 386 g/mol. The Morgan fingerprint density at radius 2 is 2.00 bits per heavy atom. The van der Waals surface area contributed by atoms with Crippen molar-refractivity contribution >= 4 is 22.4 Å². The summed E-state index contributed by atoms with van der Waals surface area (Å²) in [7, 11) is -3.82. The van der Waals surface area contributed by atoms with Crippen LogP contribution in [0.25, 0.3) is 0 Å². The summed E-state index contributed by atoms with van der Waals surface area (Å²) >= 11 is 0. The zero-order valence-electron chi connectivity index (χ0n) is 12.6. The average molecular weight is 387 g/mol. The average Bonchev–Trinajstić information content (AvgIpc) is 2.93. The molecule has 2 aliphatic rings. The van der Waals surface area contributed by atoms with Gasteiger partial charge in [-0.3, -0.25) is 0 Å². The molecule has 2 aliphatic heterocycles. The zero-order chi connectivity index (χ0) is 16.7. The number of fused-ring (bicyclic) bond motifs is 1. The first-order chi connectivity index (χ1) is 10.8. The van der Waals surface area contributed by atoms with Crippen LogP contribution in [0.3, 0.4) is 0 Å². The Balaban J connectivity index is 0.00000208. The van der Waals surface area contributed by atoms with Crippen molar-refractivity contribution in [3.63, 3.8) is 0 Å². The zero-order valence-corrected chi connectivity index (χ0v) is 14.3. The van der Waals surface area contributed by atoms with Gasteiger partial charge in [0.15, 0.2) is 0 Å². The van der Waals surface area contributed by atoms with E-state index >= 15 is 0 Å². The third-order valence-electron chi connectivity index (χ3n) is 4.30. The van der Waals surface area contributed by atoms with Crippen molar-refractivity contribution in [3.05, 3.63) is 24.3 Å². The number of nitrogens with one attached hydrogen (secondary N) is 1. The lowest BCUT2D eigenvalue weighted by atomic mass is 9.95. The maximum absolute atomic E-state index is 12.7. The van der Waals surface area contributed by atoms with Crippen LogP contribution in [-0.4, -0.2) is 44.8 Å². The second kappa shape index (κ2) is 7.07. The lowest BCUT2D eigenvalue weighted by Crippen LogP contribution is -2.46. The molecule has 3 rings (SSSR count). The minimum atomic E-state index is -4.85.